The van der Waals surface area contributed by atoms with Crippen LogP contribution in [-0.4, -0.2) is 38.9 Å². The molecule has 1 unspecified atom stereocenters. The molecule has 102 valence electrons. The van der Waals surface area contributed by atoms with Crippen LogP contribution in [0.2, 0.25) is 0 Å². The molecule has 1 aromatic carbocycles. The third-order valence-corrected chi connectivity index (χ3v) is 5.34. The molecule has 1 atom stereocenters. The number of sulfonamides is 1. The van der Waals surface area contributed by atoms with Gasteiger partial charge in [-0.05, 0) is 32.0 Å². The lowest BCUT2D eigenvalue weighted by molar-refractivity contribution is 0.293. The molecule has 19 heavy (non-hydrogen) atoms. The second-order valence-electron chi connectivity index (χ2n) is 4.60. The largest absolute Gasteiger partial charge is 0.316 e. The summed E-state index contributed by atoms with van der Waals surface area (Å²) in [7, 11) is -1.74. The highest BCUT2D eigenvalue weighted by atomic mass is 32.2. The van der Waals surface area contributed by atoms with Crippen LogP contribution in [0.5, 0.6) is 0 Å². The van der Waals surface area contributed by atoms with E-state index in [4.69, 9.17) is 5.26 Å². The van der Waals surface area contributed by atoms with Gasteiger partial charge in [-0.2, -0.15) is 9.57 Å². The predicted octanol–water partition coefficient (Wildman–Crippen LogP) is 0.931. The Morgan fingerprint density at radius 3 is 2.84 bits per heavy atom. The van der Waals surface area contributed by atoms with Crippen LogP contribution < -0.4 is 5.32 Å². The van der Waals surface area contributed by atoms with Gasteiger partial charge in [0, 0.05) is 19.1 Å². The number of benzene rings is 1. The van der Waals surface area contributed by atoms with Crippen LogP contribution in [0.3, 0.4) is 0 Å². The predicted molar refractivity (Wildman–Crippen MR) is 72.0 cm³/mol. The van der Waals surface area contributed by atoms with Crippen LogP contribution >= 0.6 is 0 Å². The van der Waals surface area contributed by atoms with Crippen molar-refractivity contribution in [2.24, 2.45) is 0 Å². The number of hydrogen-bond donors (Lipinski definition) is 1. The van der Waals surface area contributed by atoms with Gasteiger partial charge < -0.3 is 5.32 Å². The molecule has 2 rings (SSSR count). The number of rotatable bonds is 3. The first-order valence-electron chi connectivity index (χ1n) is 6.26. The van der Waals surface area contributed by atoms with Crippen LogP contribution in [0.25, 0.3) is 0 Å². The minimum absolute atomic E-state index is 0.106. The Kier molecular flexibility index (Phi) is 4.20. The quantitative estimate of drug-likeness (QED) is 0.893. The summed E-state index contributed by atoms with van der Waals surface area (Å²) in [6.07, 6.45) is 1.81. The second-order valence-corrected chi connectivity index (χ2v) is 6.51. The fourth-order valence-corrected chi connectivity index (χ4v) is 3.99. The van der Waals surface area contributed by atoms with Crippen LogP contribution in [-0.2, 0) is 10.0 Å². The van der Waals surface area contributed by atoms with E-state index >= 15 is 0 Å². The monoisotopic (exact) mass is 279 g/mol. The van der Waals surface area contributed by atoms with E-state index in [-0.39, 0.29) is 16.5 Å². The van der Waals surface area contributed by atoms with Crippen molar-refractivity contribution in [3.05, 3.63) is 29.8 Å². The first-order chi connectivity index (χ1) is 9.09. The molecular weight excluding hydrogens is 262 g/mol. The van der Waals surface area contributed by atoms with E-state index in [2.05, 4.69) is 5.32 Å². The Morgan fingerprint density at radius 2 is 2.16 bits per heavy atom. The molecule has 5 nitrogen and oxygen atoms in total. The Bertz CT molecular complexity index is 592. The SMILES string of the molecule is CNC1CCCN(S(=O)(=O)c2ccccc2C#N)C1. The zero-order valence-electron chi connectivity index (χ0n) is 10.8. The minimum atomic E-state index is -3.58. The lowest BCUT2D eigenvalue weighted by Gasteiger charge is -2.31. The molecule has 1 fully saturated rings. The standard InChI is InChI=1S/C13H17N3O2S/c1-15-12-6-4-8-16(10-12)19(17,18)13-7-3-2-5-11(13)9-14/h2-3,5,7,12,15H,4,6,8,10H2,1H3. The highest BCUT2D eigenvalue weighted by Crippen LogP contribution is 2.23. The van der Waals surface area contributed by atoms with E-state index in [1.807, 2.05) is 13.1 Å². The zero-order chi connectivity index (χ0) is 13.9. The molecule has 0 aromatic heterocycles. The average molecular weight is 279 g/mol. The third kappa shape index (κ3) is 2.78. The molecule has 1 aliphatic heterocycles. The van der Waals surface area contributed by atoms with Gasteiger partial charge in [-0.1, -0.05) is 12.1 Å². The van der Waals surface area contributed by atoms with Crippen LogP contribution in [0.1, 0.15) is 18.4 Å². The summed E-state index contributed by atoms with van der Waals surface area (Å²) in [6.45, 7) is 0.971. The summed E-state index contributed by atoms with van der Waals surface area (Å²) in [5.41, 5.74) is 0.203. The Morgan fingerprint density at radius 1 is 1.42 bits per heavy atom. The summed E-state index contributed by atoms with van der Waals surface area (Å²) in [5, 5.41) is 12.1. The molecule has 6 heteroatoms. The van der Waals surface area contributed by atoms with Crippen molar-refractivity contribution >= 4 is 10.0 Å². The van der Waals surface area contributed by atoms with Crippen molar-refractivity contribution in [2.45, 2.75) is 23.8 Å². The molecule has 0 bridgehead atoms. The van der Waals surface area contributed by atoms with Gasteiger partial charge in [-0.25, -0.2) is 8.42 Å². The molecule has 1 N–H and O–H groups in total. The third-order valence-electron chi connectivity index (χ3n) is 3.42. The van der Waals surface area contributed by atoms with Crippen LogP contribution in [0, 0.1) is 11.3 Å². The van der Waals surface area contributed by atoms with Gasteiger partial charge in [0.2, 0.25) is 10.0 Å². The van der Waals surface area contributed by atoms with Gasteiger partial charge in [0.25, 0.3) is 0 Å². The first kappa shape index (κ1) is 14.0. The van der Waals surface area contributed by atoms with Gasteiger partial charge >= 0.3 is 0 Å². The normalized spacial score (nSPS) is 20.9. The second kappa shape index (κ2) is 5.70. The highest BCUT2D eigenvalue weighted by molar-refractivity contribution is 7.89. The lowest BCUT2D eigenvalue weighted by atomic mass is 10.1. The number of likely N-dealkylation sites (N-methyl/N-ethyl adjacent to an activating group) is 1. The summed E-state index contributed by atoms with van der Waals surface area (Å²) in [5.74, 6) is 0. The highest BCUT2D eigenvalue weighted by Gasteiger charge is 2.31. The fourth-order valence-electron chi connectivity index (χ4n) is 2.32. The van der Waals surface area contributed by atoms with Crippen molar-refractivity contribution < 1.29 is 8.42 Å². The molecule has 1 heterocycles. The van der Waals surface area contributed by atoms with Crippen molar-refractivity contribution in [3.63, 3.8) is 0 Å². The lowest BCUT2D eigenvalue weighted by Crippen LogP contribution is -2.46. The molecule has 0 saturated carbocycles. The fraction of sp³-hybridized carbons (Fsp3) is 0.462. The van der Waals surface area contributed by atoms with Crippen molar-refractivity contribution in [1.29, 1.82) is 5.26 Å². The van der Waals surface area contributed by atoms with E-state index in [1.165, 1.54) is 16.4 Å². The van der Waals surface area contributed by atoms with Gasteiger partial charge in [-0.3, -0.25) is 0 Å². The number of piperidine rings is 1. The van der Waals surface area contributed by atoms with Gasteiger partial charge in [0.15, 0.2) is 0 Å². The average Bonchev–Trinajstić information content (AvgIpc) is 2.47. The number of hydrogen-bond acceptors (Lipinski definition) is 4. The van der Waals surface area contributed by atoms with Crippen molar-refractivity contribution in [1.82, 2.24) is 9.62 Å². The molecule has 0 amide bonds. The van der Waals surface area contributed by atoms with Crippen LogP contribution in [0.4, 0.5) is 0 Å². The summed E-state index contributed by atoms with van der Waals surface area (Å²) >= 11 is 0. The topological polar surface area (TPSA) is 73.2 Å². The number of nitrogens with zero attached hydrogens (tertiary/aromatic N) is 2. The summed E-state index contributed by atoms with van der Waals surface area (Å²) in [6, 6.07) is 8.47. The van der Waals surface area contributed by atoms with Crippen LogP contribution in [0.15, 0.2) is 29.2 Å². The van der Waals surface area contributed by atoms with Gasteiger partial charge in [-0.15, -0.1) is 0 Å². The Balaban J connectivity index is 2.35. The van der Waals surface area contributed by atoms with E-state index in [9.17, 15) is 8.42 Å². The van der Waals surface area contributed by atoms with E-state index in [0.717, 1.165) is 12.8 Å². The maximum Gasteiger partial charge on any atom is 0.244 e. The van der Waals surface area contributed by atoms with E-state index in [0.29, 0.717) is 13.1 Å². The Labute approximate surface area is 113 Å². The van der Waals surface area contributed by atoms with Crippen molar-refractivity contribution in [3.8, 4) is 6.07 Å². The molecule has 0 spiro atoms. The van der Waals surface area contributed by atoms with Gasteiger partial charge in [0.05, 0.1) is 10.5 Å². The summed E-state index contributed by atoms with van der Waals surface area (Å²) in [4.78, 5) is 0.106. The molecule has 1 saturated heterocycles. The maximum atomic E-state index is 12.6. The minimum Gasteiger partial charge on any atom is -0.316 e. The number of nitriles is 1. The van der Waals surface area contributed by atoms with E-state index in [1.54, 1.807) is 12.1 Å². The first-order valence-corrected chi connectivity index (χ1v) is 7.70. The van der Waals surface area contributed by atoms with Crippen molar-refractivity contribution in [2.75, 3.05) is 20.1 Å². The number of nitrogens with one attached hydrogen (secondary N) is 1. The summed E-state index contributed by atoms with van der Waals surface area (Å²) < 4.78 is 26.6. The molecule has 1 aliphatic rings. The molecule has 1 aromatic rings. The molecule has 0 aliphatic carbocycles. The maximum absolute atomic E-state index is 12.6. The van der Waals surface area contributed by atoms with E-state index < -0.39 is 10.0 Å². The molecule has 0 radical (unpaired) electrons. The molecular formula is C13H17N3O2S. The Hall–Kier alpha value is -1.42. The zero-order valence-corrected chi connectivity index (χ0v) is 11.7. The smallest absolute Gasteiger partial charge is 0.244 e. The van der Waals surface area contributed by atoms with Gasteiger partial charge in [0.1, 0.15) is 6.07 Å².